The number of nitrogens with zero attached hydrogens (tertiary/aromatic N) is 3. The number of aromatic nitrogens is 2. The van der Waals surface area contributed by atoms with Crippen LogP contribution in [0.5, 0.6) is 0 Å². The third kappa shape index (κ3) is 6.79. The summed E-state index contributed by atoms with van der Waals surface area (Å²) in [5, 5.41) is 0.567. The SMILES string of the molecule is CCCCCCCC(=O)N(CCCOC)C(C)c1nc2ccccc2c(=O)n1-c1ccc(C)cc1. The number of fused-ring (bicyclic) bond motifs is 1. The summed E-state index contributed by atoms with van der Waals surface area (Å²) in [5.41, 5.74) is 2.39. The monoisotopic (exact) mass is 477 g/mol. The number of aryl methyl sites for hydroxylation is 1. The molecule has 0 saturated heterocycles. The fourth-order valence-corrected chi connectivity index (χ4v) is 4.45. The van der Waals surface area contributed by atoms with Crippen molar-refractivity contribution >= 4 is 16.8 Å². The van der Waals surface area contributed by atoms with Gasteiger partial charge in [0, 0.05) is 26.7 Å². The van der Waals surface area contributed by atoms with E-state index in [1.807, 2.05) is 67.3 Å². The van der Waals surface area contributed by atoms with E-state index in [4.69, 9.17) is 9.72 Å². The predicted octanol–water partition coefficient (Wildman–Crippen LogP) is 5.98. The first-order valence-corrected chi connectivity index (χ1v) is 12.8. The lowest BCUT2D eigenvalue weighted by atomic mass is 10.1. The second-order valence-corrected chi connectivity index (χ2v) is 9.24. The summed E-state index contributed by atoms with van der Waals surface area (Å²) in [6.07, 6.45) is 6.70. The number of hydrogen-bond acceptors (Lipinski definition) is 4. The first kappa shape index (κ1) is 26.6. The fraction of sp³-hybridized carbons (Fsp3) is 0.483. The zero-order valence-corrected chi connectivity index (χ0v) is 21.6. The van der Waals surface area contributed by atoms with E-state index in [0.717, 1.165) is 36.9 Å². The largest absolute Gasteiger partial charge is 0.385 e. The molecule has 188 valence electrons. The number of unbranched alkanes of at least 4 members (excludes halogenated alkanes) is 4. The highest BCUT2D eigenvalue weighted by Gasteiger charge is 2.26. The Bertz CT molecular complexity index is 1150. The fourth-order valence-electron chi connectivity index (χ4n) is 4.45. The minimum absolute atomic E-state index is 0.1000. The molecule has 0 spiro atoms. The van der Waals surface area contributed by atoms with Crippen LogP contribution in [0.15, 0.2) is 53.3 Å². The summed E-state index contributed by atoms with van der Waals surface area (Å²) in [6.45, 7) is 7.31. The van der Waals surface area contributed by atoms with Gasteiger partial charge in [0.2, 0.25) is 5.91 Å². The zero-order chi connectivity index (χ0) is 25.2. The Labute approximate surface area is 208 Å². The average molecular weight is 478 g/mol. The van der Waals surface area contributed by atoms with Crippen molar-refractivity contribution in [2.75, 3.05) is 20.3 Å². The molecule has 1 aromatic heterocycles. The highest BCUT2D eigenvalue weighted by molar-refractivity contribution is 5.79. The second kappa shape index (κ2) is 13.2. The minimum atomic E-state index is -0.367. The molecule has 2 aromatic carbocycles. The van der Waals surface area contributed by atoms with E-state index in [1.165, 1.54) is 12.8 Å². The molecule has 0 bridgehead atoms. The summed E-state index contributed by atoms with van der Waals surface area (Å²) in [6, 6.07) is 14.9. The third-order valence-electron chi connectivity index (χ3n) is 6.50. The van der Waals surface area contributed by atoms with Gasteiger partial charge in [0.1, 0.15) is 5.82 Å². The van der Waals surface area contributed by atoms with Crippen molar-refractivity contribution < 1.29 is 9.53 Å². The van der Waals surface area contributed by atoms with Gasteiger partial charge in [-0.2, -0.15) is 0 Å². The van der Waals surface area contributed by atoms with E-state index in [1.54, 1.807) is 11.7 Å². The van der Waals surface area contributed by atoms with Crippen LogP contribution in [0.2, 0.25) is 0 Å². The van der Waals surface area contributed by atoms with Crippen LogP contribution in [0.3, 0.4) is 0 Å². The Kier molecular flexibility index (Phi) is 10.0. The molecule has 1 heterocycles. The van der Waals surface area contributed by atoms with Crippen molar-refractivity contribution in [3.05, 3.63) is 70.3 Å². The molecule has 0 fully saturated rings. The van der Waals surface area contributed by atoms with Crippen LogP contribution in [0.4, 0.5) is 0 Å². The Balaban J connectivity index is 2.01. The van der Waals surface area contributed by atoms with Crippen LogP contribution in [0.25, 0.3) is 16.6 Å². The van der Waals surface area contributed by atoms with Crippen LogP contribution < -0.4 is 5.56 Å². The summed E-state index contributed by atoms with van der Waals surface area (Å²) in [7, 11) is 1.67. The standard InChI is InChI=1S/C29H39N3O3/c1-5-6-7-8-9-15-27(33)31(20-12-21-35-4)23(3)28-30-26-14-11-10-13-25(26)29(34)32(28)24-18-16-22(2)17-19-24/h10-11,13-14,16-19,23H,5-9,12,15,20-21H2,1-4H3. The van der Waals surface area contributed by atoms with Crippen LogP contribution in [-0.2, 0) is 9.53 Å². The van der Waals surface area contributed by atoms with E-state index >= 15 is 0 Å². The summed E-state index contributed by atoms with van der Waals surface area (Å²) in [5.74, 6) is 0.678. The number of amides is 1. The normalized spacial score (nSPS) is 12.1. The number of ether oxygens (including phenoxy) is 1. The molecule has 3 aromatic rings. The maximum absolute atomic E-state index is 13.7. The molecule has 0 radical (unpaired) electrons. The van der Waals surface area contributed by atoms with Gasteiger partial charge in [-0.05, 0) is 51.0 Å². The average Bonchev–Trinajstić information content (AvgIpc) is 2.87. The molecule has 35 heavy (non-hydrogen) atoms. The first-order chi connectivity index (χ1) is 17.0. The van der Waals surface area contributed by atoms with Gasteiger partial charge in [-0.1, -0.05) is 62.4 Å². The molecule has 1 atom stereocenters. The smallest absolute Gasteiger partial charge is 0.266 e. The van der Waals surface area contributed by atoms with Crippen molar-refractivity contribution in [2.45, 2.75) is 71.8 Å². The molecular weight excluding hydrogens is 438 g/mol. The van der Waals surface area contributed by atoms with Crippen LogP contribution in [0, 0.1) is 6.92 Å². The van der Waals surface area contributed by atoms with Gasteiger partial charge in [0.15, 0.2) is 0 Å². The van der Waals surface area contributed by atoms with Crippen LogP contribution >= 0.6 is 0 Å². The number of rotatable bonds is 13. The Morgan fingerprint density at radius 3 is 2.46 bits per heavy atom. The summed E-state index contributed by atoms with van der Waals surface area (Å²) < 4.78 is 6.93. The van der Waals surface area contributed by atoms with Crippen molar-refractivity contribution in [1.82, 2.24) is 14.5 Å². The maximum Gasteiger partial charge on any atom is 0.266 e. The van der Waals surface area contributed by atoms with Gasteiger partial charge in [0.25, 0.3) is 5.56 Å². The quantitative estimate of drug-likeness (QED) is 0.284. The van der Waals surface area contributed by atoms with Crippen molar-refractivity contribution in [3.8, 4) is 5.69 Å². The molecule has 1 amide bonds. The molecule has 0 aliphatic rings. The molecule has 6 nitrogen and oxygen atoms in total. The van der Waals surface area contributed by atoms with Gasteiger partial charge in [0.05, 0.1) is 22.6 Å². The number of carbonyl (C=O) groups is 1. The summed E-state index contributed by atoms with van der Waals surface area (Å²) >= 11 is 0. The van der Waals surface area contributed by atoms with E-state index in [2.05, 4.69) is 6.92 Å². The maximum atomic E-state index is 13.7. The van der Waals surface area contributed by atoms with Gasteiger partial charge in [-0.3, -0.25) is 14.2 Å². The third-order valence-corrected chi connectivity index (χ3v) is 6.50. The summed E-state index contributed by atoms with van der Waals surface area (Å²) in [4.78, 5) is 33.9. The first-order valence-electron chi connectivity index (χ1n) is 12.8. The van der Waals surface area contributed by atoms with E-state index in [0.29, 0.717) is 36.3 Å². The van der Waals surface area contributed by atoms with E-state index in [9.17, 15) is 9.59 Å². The lowest BCUT2D eigenvalue weighted by Gasteiger charge is -2.31. The van der Waals surface area contributed by atoms with Gasteiger partial charge in [-0.25, -0.2) is 4.98 Å². The predicted molar refractivity (Wildman–Crippen MR) is 142 cm³/mol. The van der Waals surface area contributed by atoms with Crippen LogP contribution in [0.1, 0.15) is 76.2 Å². The number of benzene rings is 2. The number of para-hydroxylation sites is 1. The highest BCUT2D eigenvalue weighted by Crippen LogP contribution is 2.24. The van der Waals surface area contributed by atoms with E-state index < -0.39 is 0 Å². The van der Waals surface area contributed by atoms with Gasteiger partial charge < -0.3 is 9.64 Å². The molecule has 0 saturated carbocycles. The van der Waals surface area contributed by atoms with E-state index in [-0.39, 0.29) is 17.5 Å². The molecule has 1 unspecified atom stereocenters. The Morgan fingerprint density at radius 1 is 1.03 bits per heavy atom. The molecule has 0 aliphatic carbocycles. The Hall–Kier alpha value is -2.99. The number of hydrogen-bond donors (Lipinski definition) is 0. The Morgan fingerprint density at radius 2 is 1.74 bits per heavy atom. The lowest BCUT2D eigenvalue weighted by Crippen LogP contribution is -2.38. The minimum Gasteiger partial charge on any atom is -0.385 e. The topological polar surface area (TPSA) is 64.4 Å². The van der Waals surface area contributed by atoms with Crippen molar-refractivity contribution in [2.24, 2.45) is 0 Å². The number of methoxy groups -OCH3 is 1. The van der Waals surface area contributed by atoms with Gasteiger partial charge in [-0.15, -0.1) is 0 Å². The zero-order valence-electron chi connectivity index (χ0n) is 21.6. The van der Waals surface area contributed by atoms with Crippen LogP contribution in [-0.4, -0.2) is 40.6 Å². The van der Waals surface area contributed by atoms with Crippen molar-refractivity contribution in [1.29, 1.82) is 0 Å². The lowest BCUT2D eigenvalue weighted by molar-refractivity contribution is -0.134. The molecule has 3 rings (SSSR count). The van der Waals surface area contributed by atoms with Gasteiger partial charge >= 0.3 is 0 Å². The molecule has 6 heteroatoms. The number of carbonyl (C=O) groups excluding carboxylic acids is 1. The highest BCUT2D eigenvalue weighted by atomic mass is 16.5. The van der Waals surface area contributed by atoms with Crippen molar-refractivity contribution in [3.63, 3.8) is 0 Å². The molecule has 0 aliphatic heterocycles. The molecular formula is C29H39N3O3. The molecule has 0 N–H and O–H groups in total. The second-order valence-electron chi connectivity index (χ2n) is 9.24.